The molecule has 32 heavy (non-hydrogen) atoms. The van der Waals surface area contributed by atoms with Gasteiger partial charge < -0.3 is 10.6 Å². The number of ketones is 1. The lowest BCUT2D eigenvalue weighted by Crippen LogP contribution is -2.61. The van der Waals surface area contributed by atoms with Crippen molar-refractivity contribution in [1.29, 1.82) is 5.26 Å². The topological polar surface area (TPSA) is 93.9 Å². The number of anilines is 1. The molecule has 1 saturated heterocycles. The van der Waals surface area contributed by atoms with Gasteiger partial charge in [0.25, 0.3) is 0 Å². The minimum absolute atomic E-state index is 0.00630. The van der Waals surface area contributed by atoms with Crippen LogP contribution in [0.2, 0.25) is 0 Å². The molecular formula is C24H31FN6O. The third-order valence-corrected chi connectivity index (χ3v) is 6.86. The van der Waals surface area contributed by atoms with Crippen molar-refractivity contribution >= 4 is 22.5 Å². The summed E-state index contributed by atoms with van der Waals surface area (Å²) in [6, 6.07) is 7.94. The first-order chi connectivity index (χ1) is 15.4. The summed E-state index contributed by atoms with van der Waals surface area (Å²) >= 11 is 0. The molecule has 2 aliphatic rings. The van der Waals surface area contributed by atoms with Gasteiger partial charge in [-0.3, -0.25) is 14.1 Å². The lowest BCUT2D eigenvalue weighted by molar-refractivity contribution is -0.135. The van der Waals surface area contributed by atoms with Gasteiger partial charge in [0, 0.05) is 37.1 Å². The number of nitrogens with zero attached hydrogens (tertiary/aromatic N) is 4. The number of alkyl halides is 1. The van der Waals surface area contributed by atoms with E-state index in [0.717, 1.165) is 55.5 Å². The van der Waals surface area contributed by atoms with Gasteiger partial charge in [0.05, 0.1) is 28.6 Å². The second kappa shape index (κ2) is 9.47. The summed E-state index contributed by atoms with van der Waals surface area (Å²) in [5.74, 6) is 0.753. The molecule has 0 radical (unpaired) electrons. The van der Waals surface area contributed by atoms with E-state index >= 15 is 0 Å². The maximum Gasteiger partial charge on any atom is 0.159 e. The average Bonchev–Trinajstić information content (AvgIpc) is 2.84. The molecule has 0 bridgehead atoms. The number of aromatic nitrogens is 2. The van der Waals surface area contributed by atoms with Crippen LogP contribution < -0.4 is 10.6 Å². The Bertz CT molecular complexity index is 1010. The van der Waals surface area contributed by atoms with E-state index in [0.29, 0.717) is 18.2 Å². The number of nitrogens with one attached hydrogen (secondary N) is 2. The summed E-state index contributed by atoms with van der Waals surface area (Å²) in [4.78, 5) is 24.1. The van der Waals surface area contributed by atoms with Crippen LogP contribution in [0.15, 0.2) is 24.5 Å². The Kier molecular flexibility index (Phi) is 6.68. The van der Waals surface area contributed by atoms with Gasteiger partial charge in [-0.2, -0.15) is 5.26 Å². The number of hydrogen-bond donors (Lipinski definition) is 2. The molecule has 7 nitrogen and oxygen atoms in total. The number of halogens is 1. The van der Waals surface area contributed by atoms with Crippen molar-refractivity contribution in [2.75, 3.05) is 31.6 Å². The molecular weight excluding hydrogens is 407 g/mol. The standard InChI is InChI=1S/C24H31FN6O/c1-24(2,14-25)22(32)21-13-27-9-10-31(21)18-6-4-17(5-7-18)30-23-19-11-16(12-26)3-8-20(19)28-15-29-23/h3,8,11,15,17-18,21,27H,4-7,9-10,13-14H2,1-2H3,(H,28,29,30). The molecule has 1 unspecified atom stereocenters. The van der Waals surface area contributed by atoms with E-state index in [1.165, 1.54) is 0 Å². The molecule has 4 rings (SSSR count). The van der Waals surface area contributed by atoms with Gasteiger partial charge in [0.15, 0.2) is 5.78 Å². The van der Waals surface area contributed by atoms with Gasteiger partial charge >= 0.3 is 0 Å². The van der Waals surface area contributed by atoms with E-state index < -0.39 is 12.1 Å². The highest BCUT2D eigenvalue weighted by molar-refractivity contribution is 5.90. The van der Waals surface area contributed by atoms with Crippen LogP contribution in [-0.4, -0.2) is 65.1 Å². The molecule has 1 saturated carbocycles. The molecule has 170 valence electrons. The zero-order chi connectivity index (χ0) is 22.7. The van der Waals surface area contributed by atoms with Gasteiger partial charge in [0.1, 0.15) is 18.8 Å². The highest BCUT2D eigenvalue weighted by atomic mass is 19.1. The second-order valence-corrected chi connectivity index (χ2v) is 9.56. The van der Waals surface area contributed by atoms with Crippen molar-refractivity contribution in [3.8, 4) is 6.07 Å². The van der Waals surface area contributed by atoms with E-state index in [1.54, 1.807) is 26.2 Å². The molecule has 2 N–H and O–H groups in total. The predicted octanol–water partition coefficient (Wildman–Crippen LogP) is 3.06. The monoisotopic (exact) mass is 438 g/mol. The predicted molar refractivity (Wildman–Crippen MR) is 122 cm³/mol. The summed E-state index contributed by atoms with van der Waals surface area (Å²) in [5.41, 5.74) is 0.453. The molecule has 1 aromatic carbocycles. The molecule has 2 heterocycles. The number of fused-ring (bicyclic) bond motifs is 1. The highest BCUT2D eigenvalue weighted by Gasteiger charge is 2.41. The Balaban J connectivity index is 1.42. The summed E-state index contributed by atoms with van der Waals surface area (Å²) in [6.07, 6.45) is 5.43. The van der Waals surface area contributed by atoms with Crippen molar-refractivity contribution in [1.82, 2.24) is 20.2 Å². The van der Waals surface area contributed by atoms with Crippen molar-refractivity contribution in [3.05, 3.63) is 30.1 Å². The Labute approximate surface area is 188 Å². The first kappa shape index (κ1) is 22.6. The van der Waals surface area contributed by atoms with Crippen molar-refractivity contribution < 1.29 is 9.18 Å². The normalized spacial score (nSPS) is 24.8. The molecule has 1 aliphatic carbocycles. The summed E-state index contributed by atoms with van der Waals surface area (Å²) in [6.45, 7) is 5.03. The quantitative estimate of drug-likeness (QED) is 0.716. The van der Waals surface area contributed by atoms with Crippen LogP contribution in [0.25, 0.3) is 10.9 Å². The molecule has 1 aromatic heterocycles. The van der Waals surface area contributed by atoms with Crippen molar-refractivity contribution in [2.45, 2.75) is 57.7 Å². The molecule has 2 fully saturated rings. The number of Topliss-reactive ketones (excluding diaryl/α,β-unsaturated/α-hetero) is 1. The first-order valence-electron chi connectivity index (χ1n) is 11.4. The van der Waals surface area contributed by atoms with E-state index in [4.69, 9.17) is 0 Å². The highest BCUT2D eigenvalue weighted by Crippen LogP contribution is 2.31. The fraction of sp³-hybridized carbons (Fsp3) is 0.583. The number of hydrogen-bond acceptors (Lipinski definition) is 7. The zero-order valence-corrected chi connectivity index (χ0v) is 18.8. The van der Waals surface area contributed by atoms with Gasteiger partial charge in [0.2, 0.25) is 0 Å². The van der Waals surface area contributed by atoms with Crippen LogP contribution in [0.5, 0.6) is 0 Å². The lowest BCUT2D eigenvalue weighted by atomic mass is 9.82. The van der Waals surface area contributed by atoms with Crippen molar-refractivity contribution in [2.24, 2.45) is 5.41 Å². The maximum atomic E-state index is 13.5. The Morgan fingerprint density at radius 3 is 2.81 bits per heavy atom. The minimum Gasteiger partial charge on any atom is -0.367 e. The van der Waals surface area contributed by atoms with Crippen LogP contribution >= 0.6 is 0 Å². The largest absolute Gasteiger partial charge is 0.367 e. The number of carbonyl (C=O) groups is 1. The maximum absolute atomic E-state index is 13.5. The van der Waals surface area contributed by atoms with Gasteiger partial charge in [-0.05, 0) is 43.9 Å². The smallest absolute Gasteiger partial charge is 0.159 e. The summed E-state index contributed by atoms with van der Waals surface area (Å²) in [7, 11) is 0. The van der Waals surface area contributed by atoms with Crippen LogP contribution in [-0.2, 0) is 4.79 Å². The van der Waals surface area contributed by atoms with Gasteiger partial charge in [-0.1, -0.05) is 13.8 Å². The molecule has 1 aliphatic heterocycles. The number of benzene rings is 1. The average molecular weight is 439 g/mol. The fourth-order valence-corrected chi connectivity index (χ4v) is 4.90. The molecule has 8 heteroatoms. The van der Waals surface area contributed by atoms with Crippen molar-refractivity contribution in [3.63, 3.8) is 0 Å². The number of carbonyl (C=O) groups excluding carboxylic acids is 1. The fourth-order valence-electron chi connectivity index (χ4n) is 4.90. The molecule has 0 amide bonds. The molecule has 0 spiro atoms. The van der Waals surface area contributed by atoms with E-state index in [1.807, 2.05) is 12.1 Å². The number of piperazine rings is 1. The SMILES string of the molecule is CC(C)(CF)C(=O)C1CNCCN1C1CCC(Nc2ncnc3ccc(C#N)cc23)CC1. The number of rotatable bonds is 6. The van der Waals surface area contributed by atoms with E-state index in [9.17, 15) is 14.4 Å². The van der Waals surface area contributed by atoms with E-state index in [2.05, 4.69) is 31.6 Å². The Morgan fingerprint density at radius 1 is 1.31 bits per heavy atom. The molecule has 2 aromatic rings. The Morgan fingerprint density at radius 2 is 2.09 bits per heavy atom. The Hall–Kier alpha value is -2.63. The third kappa shape index (κ3) is 4.59. The van der Waals surface area contributed by atoms with Crippen LogP contribution in [0, 0.1) is 16.7 Å². The summed E-state index contributed by atoms with van der Waals surface area (Å²) in [5, 5.41) is 17.0. The first-order valence-corrected chi connectivity index (χ1v) is 11.4. The van der Waals surface area contributed by atoms with E-state index in [-0.39, 0.29) is 17.9 Å². The van der Waals surface area contributed by atoms with Crippen LogP contribution in [0.4, 0.5) is 10.2 Å². The van der Waals surface area contributed by atoms with Gasteiger partial charge in [-0.25, -0.2) is 9.97 Å². The zero-order valence-electron chi connectivity index (χ0n) is 18.8. The number of nitriles is 1. The lowest BCUT2D eigenvalue weighted by Gasteiger charge is -2.45. The van der Waals surface area contributed by atoms with Crippen LogP contribution in [0.3, 0.4) is 0 Å². The second-order valence-electron chi connectivity index (χ2n) is 9.56. The minimum atomic E-state index is -0.947. The summed E-state index contributed by atoms with van der Waals surface area (Å²) < 4.78 is 13.5. The molecule has 1 atom stereocenters. The third-order valence-electron chi connectivity index (χ3n) is 6.86. The van der Waals surface area contributed by atoms with Crippen LogP contribution in [0.1, 0.15) is 45.1 Å². The van der Waals surface area contributed by atoms with Gasteiger partial charge in [-0.15, -0.1) is 0 Å².